The van der Waals surface area contributed by atoms with E-state index < -0.39 is 0 Å². The summed E-state index contributed by atoms with van der Waals surface area (Å²) in [4.78, 5) is 17.4. The number of hydrogen-bond acceptors (Lipinski definition) is 3. The summed E-state index contributed by atoms with van der Waals surface area (Å²) in [6.07, 6.45) is 6.59. The molecule has 0 N–H and O–H groups in total. The maximum absolute atomic E-state index is 12.8. The molecular weight excluding hydrogens is 312 g/mol. The molecular formula is C20H18N4O. The summed E-state index contributed by atoms with van der Waals surface area (Å²) in [5, 5.41) is 5.40. The molecule has 0 spiro atoms. The largest absolute Gasteiger partial charge is 0.312 e. The fourth-order valence-electron chi connectivity index (χ4n) is 3.52. The van der Waals surface area contributed by atoms with Gasteiger partial charge < -0.3 is 4.57 Å². The number of aromatic nitrogens is 4. The van der Waals surface area contributed by atoms with Crippen LogP contribution < -0.4 is 5.56 Å². The van der Waals surface area contributed by atoms with Crippen molar-refractivity contribution in [3.05, 3.63) is 64.8 Å². The van der Waals surface area contributed by atoms with E-state index in [-0.39, 0.29) is 5.56 Å². The molecule has 0 atom stereocenters. The lowest BCUT2D eigenvalue weighted by atomic mass is 10.0. The Balaban J connectivity index is 1.84. The Kier molecular flexibility index (Phi) is 3.04. The van der Waals surface area contributed by atoms with E-state index in [1.807, 2.05) is 39.5 Å². The van der Waals surface area contributed by atoms with Gasteiger partial charge in [0.25, 0.3) is 5.56 Å². The Bertz CT molecular complexity index is 1150. The smallest absolute Gasteiger partial charge is 0.261 e. The molecule has 0 radical (unpaired) electrons. The molecule has 1 fully saturated rings. The predicted octanol–water partition coefficient (Wildman–Crippen LogP) is 3.61. The van der Waals surface area contributed by atoms with Gasteiger partial charge in [0, 0.05) is 24.0 Å². The van der Waals surface area contributed by atoms with Gasteiger partial charge >= 0.3 is 0 Å². The van der Waals surface area contributed by atoms with Crippen LogP contribution >= 0.6 is 0 Å². The van der Waals surface area contributed by atoms with E-state index in [1.165, 1.54) is 0 Å². The lowest BCUT2D eigenvalue weighted by molar-refractivity contribution is 0.712. The molecule has 3 heterocycles. The van der Waals surface area contributed by atoms with Crippen molar-refractivity contribution >= 4 is 16.6 Å². The van der Waals surface area contributed by atoms with Crippen LogP contribution in [0.1, 0.15) is 31.5 Å². The van der Waals surface area contributed by atoms with Gasteiger partial charge in [0.05, 0.1) is 16.6 Å². The molecule has 1 aliphatic rings. The van der Waals surface area contributed by atoms with Crippen LogP contribution in [0.5, 0.6) is 0 Å². The number of aryl methyl sites for hydroxylation is 1. The van der Waals surface area contributed by atoms with Crippen LogP contribution in [0.25, 0.3) is 27.7 Å². The summed E-state index contributed by atoms with van der Waals surface area (Å²) >= 11 is 0. The predicted molar refractivity (Wildman–Crippen MR) is 97.8 cm³/mol. The normalized spacial score (nSPS) is 14.4. The van der Waals surface area contributed by atoms with Crippen LogP contribution in [-0.4, -0.2) is 19.2 Å². The first-order chi connectivity index (χ1) is 12.3. The molecule has 0 bridgehead atoms. The van der Waals surface area contributed by atoms with E-state index in [0.717, 1.165) is 47.2 Å². The van der Waals surface area contributed by atoms with Crippen molar-refractivity contribution in [1.82, 2.24) is 19.2 Å². The van der Waals surface area contributed by atoms with E-state index in [9.17, 15) is 4.79 Å². The van der Waals surface area contributed by atoms with Crippen LogP contribution in [-0.2, 0) is 6.42 Å². The van der Waals surface area contributed by atoms with Crippen molar-refractivity contribution in [2.24, 2.45) is 0 Å². The Morgan fingerprint density at radius 1 is 1.16 bits per heavy atom. The van der Waals surface area contributed by atoms with E-state index in [4.69, 9.17) is 5.10 Å². The first kappa shape index (κ1) is 14.4. The maximum atomic E-state index is 12.8. The summed E-state index contributed by atoms with van der Waals surface area (Å²) in [5.74, 6) is 0. The minimum absolute atomic E-state index is 0.0317. The first-order valence-electron chi connectivity index (χ1n) is 8.75. The quantitative estimate of drug-likeness (QED) is 0.576. The molecule has 5 nitrogen and oxygen atoms in total. The van der Waals surface area contributed by atoms with E-state index >= 15 is 0 Å². The Morgan fingerprint density at radius 2 is 1.96 bits per heavy atom. The Hall–Kier alpha value is -2.95. The van der Waals surface area contributed by atoms with Gasteiger partial charge in [-0.25, -0.2) is 9.50 Å². The van der Waals surface area contributed by atoms with Crippen LogP contribution in [0.2, 0.25) is 0 Å². The number of benzene rings is 1. The molecule has 124 valence electrons. The zero-order valence-corrected chi connectivity index (χ0v) is 14.0. The van der Waals surface area contributed by atoms with Gasteiger partial charge in [-0.3, -0.25) is 4.79 Å². The minimum Gasteiger partial charge on any atom is -0.312 e. The van der Waals surface area contributed by atoms with Crippen LogP contribution in [0.4, 0.5) is 0 Å². The van der Waals surface area contributed by atoms with Gasteiger partial charge in [0.1, 0.15) is 0 Å². The van der Waals surface area contributed by atoms with Crippen molar-refractivity contribution in [1.29, 1.82) is 0 Å². The van der Waals surface area contributed by atoms with E-state index in [1.54, 1.807) is 6.20 Å². The number of nitrogens with zero attached hydrogens (tertiary/aromatic N) is 4. The van der Waals surface area contributed by atoms with E-state index in [0.29, 0.717) is 11.4 Å². The zero-order valence-electron chi connectivity index (χ0n) is 14.0. The van der Waals surface area contributed by atoms with Gasteiger partial charge in [0.15, 0.2) is 5.65 Å². The zero-order chi connectivity index (χ0) is 17.0. The monoisotopic (exact) mass is 330 g/mol. The molecule has 0 unspecified atom stereocenters. The Labute approximate surface area is 144 Å². The summed E-state index contributed by atoms with van der Waals surface area (Å²) < 4.78 is 3.66. The SMILES string of the molecule is CCc1nn2c(ncc3c(=O)n(C4CC4)ccc32)c1-c1ccccc1. The number of pyridine rings is 1. The van der Waals surface area contributed by atoms with Crippen molar-refractivity contribution in [3.8, 4) is 11.1 Å². The number of fused-ring (bicyclic) bond motifs is 3. The second-order valence-electron chi connectivity index (χ2n) is 6.59. The highest BCUT2D eigenvalue weighted by Gasteiger charge is 2.25. The van der Waals surface area contributed by atoms with Crippen LogP contribution in [0, 0.1) is 0 Å². The van der Waals surface area contributed by atoms with Crippen molar-refractivity contribution < 1.29 is 0 Å². The average molecular weight is 330 g/mol. The molecule has 1 aromatic carbocycles. The highest BCUT2D eigenvalue weighted by molar-refractivity contribution is 5.86. The molecule has 0 amide bonds. The highest BCUT2D eigenvalue weighted by Crippen LogP contribution is 2.34. The van der Waals surface area contributed by atoms with Crippen molar-refractivity contribution in [2.45, 2.75) is 32.2 Å². The fourth-order valence-corrected chi connectivity index (χ4v) is 3.52. The van der Waals surface area contributed by atoms with Gasteiger partial charge in [-0.05, 0) is 30.9 Å². The van der Waals surface area contributed by atoms with Crippen molar-refractivity contribution in [2.75, 3.05) is 0 Å². The molecule has 5 rings (SSSR count). The van der Waals surface area contributed by atoms with E-state index in [2.05, 4.69) is 24.0 Å². The molecule has 0 aliphatic heterocycles. The third-order valence-corrected chi connectivity index (χ3v) is 4.95. The van der Waals surface area contributed by atoms with Crippen LogP contribution in [0.3, 0.4) is 0 Å². The molecule has 3 aromatic heterocycles. The van der Waals surface area contributed by atoms with Crippen LogP contribution in [0.15, 0.2) is 53.6 Å². The first-order valence-corrected chi connectivity index (χ1v) is 8.75. The third kappa shape index (κ3) is 2.12. The van der Waals surface area contributed by atoms with Crippen molar-refractivity contribution in [3.63, 3.8) is 0 Å². The summed E-state index contributed by atoms with van der Waals surface area (Å²) in [7, 11) is 0. The second kappa shape index (κ2) is 5.28. The molecule has 1 aliphatic carbocycles. The average Bonchev–Trinajstić information content (AvgIpc) is 3.41. The van der Waals surface area contributed by atoms with Gasteiger partial charge in [-0.1, -0.05) is 37.3 Å². The molecule has 1 saturated carbocycles. The molecule has 4 aromatic rings. The number of hydrogen-bond donors (Lipinski definition) is 0. The van der Waals surface area contributed by atoms with Gasteiger partial charge in [-0.15, -0.1) is 0 Å². The summed E-state index contributed by atoms with van der Waals surface area (Å²) in [6, 6.07) is 12.5. The summed E-state index contributed by atoms with van der Waals surface area (Å²) in [5.41, 5.74) is 4.81. The lowest BCUT2D eigenvalue weighted by Crippen LogP contribution is -2.19. The standard InChI is InChI=1S/C20H18N4O/c1-2-16-18(13-6-4-3-5-7-13)19-21-12-15-17(24(19)22-16)10-11-23(20(15)25)14-8-9-14/h3-7,10-12,14H,2,8-9H2,1H3. The van der Waals surface area contributed by atoms with Gasteiger partial charge in [-0.2, -0.15) is 5.10 Å². The minimum atomic E-state index is 0.0317. The third-order valence-electron chi connectivity index (χ3n) is 4.95. The Morgan fingerprint density at radius 3 is 2.68 bits per heavy atom. The molecule has 5 heteroatoms. The highest BCUT2D eigenvalue weighted by atomic mass is 16.1. The fraction of sp³-hybridized carbons (Fsp3) is 0.250. The number of rotatable bonds is 3. The maximum Gasteiger partial charge on any atom is 0.261 e. The molecule has 0 saturated heterocycles. The lowest BCUT2D eigenvalue weighted by Gasteiger charge is -2.06. The van der Waals surface area contributed by atoms with Gasteiger partial charge in [0.2, 0.25) is 0 Å². The topological polar surface area (TPSA) is 52.2 Å². The molecule has 25 heavy (non-hydrogen) atoms. The summed E-state index contributed by atoms with van der Waals surface area (Å²) in [6.45, 7) is 2.09. The second-order valence-corrected chi connectivity index (χ2v) is 6.59.